The van der Waals surface area contributed by atoms with Crippen LogP contribution in [0.5, 0.6) is 0 Å². The summed E-state index contributed by atoms with van der Waals surface area (Å²) >= 11 is 0. The molecule has 1 aromatic carbocycles. The number of anilines is 1. The van der Waals surface area contributed by atoms with Crippen LogP contribution >= 0.6 is 0 Å². The molecule has 0 radical (unpaired) electrons. The van der Waals surface area contributed by atoms with Gasteiger partial charge in [0.05, 0.1) is 23.9 Å². The highest BCUT2D eigenvalue weighted by Crippen LogP contribution is 2.18. The van der Waals surface area contributed by atoms with Crippen LogP contribution in [0.3, 0.4) is 0 Å². The normalized spacial score (nSPS) is 18.4. The van der Waals surface area contributed by atoms with Gasteiger partial charge in [0.15, 0.2) is 9.84 Å². The standard InChI is InChI=1S/C18H22N4O3S/c1-22(15-8-10-26(24,25)13-15)18(23)16-11-21-17(12-20-16)19-9-7-14-5-3-2-4-6-14/h2-6,11-12,15H,7-10,13H2,1H3,(H,19,21). The summed E-state index contributed by atoms with van der Waals surface area (Å²) in [5.74, 6) is 0.437. The molecule has 0 saturated carbocycles. The number of carbonyl (C=O) groups excluding carboxylic acids is 1. The summed E-state index contributed by atoms with van der Waals surface area (Å²) in [5, 5.41) is 3.18. The molecular weight excluding hydrogens is 352 g/mol. The molecule has 1 aromatic heterocycles. The van der Waals surface area contributed by atoms with E-state index in [9.17, 15) is 13.2 Å². The summed E-state index contributed by atoms with van der Waals surface area (Å²) in [7, 11) is -1.42. The first kappa shape index (κ1) is 18.3. The second kappa shape index (κ2) is 7.82. The van der Waals surface area contributed by atoms with E-state index in [0.29, 0.717) is 18.8 Å². The van der Waals surface area contributed by atoms with Gasteiger partial charge >= 0.3 is 0 Å². The van der Waals surface area contributed by atoms with Gasteiger partial charge in [0.2, 0.25) is 0 Å². The van der Waals surface area contributed by atoms with Crippen LogP contribution < -0.4 is 5.32 Å². The predicted molar refractivity (Wildman–Crippen MR) is 99.8 cm³/mol. The highest BCUT2D eigenvalue weighted by atomic mass is 32.2. The zero-order chi connectivity index (χ0) is 18.6. The number of nitrogens with one attached hydrogen (secondary N) is 1. The Labute approximate surface area is 153 Å². The zero-order valence-electron chi connectivity index (χ0n) is 14.6. The number of hydrogen-bond acceptors (Lipinski definition) is 6. The maximum Gasteiger partial charge on any atom is 0.274 e. The van der Waals surface area contributed by atoms with Gasteiger partial charge in [-0.25, -0.2) is 18.4 Å². The SMILES string of the molecule is CN(C(=O)c1cnc(NCCc2ccccc2)cn1)C1CCS(=O)(=O)C1. The Hall–Kier alpha value is -2.48. The van der Waals surface area contributed by atoms with Gasteiger partial charge in [-0.1, -0.05) is 30.3 Å². The van der Waals surface area contributed by atoms with Crippen molar-refractivity contribution in [2.75, 3.05) is 30.4 Å². The van der Waals surface area contributed by atoms with E-state index < -0.39 is 9.84 Å². The molecule has 26 heavy (non-hydrogen) atoms. The first-order valence-electron chi connectivity index (χ1n) is 8.52. The fourth-order valence-electron chi connectivity index (χ4n) is 2.94. The molecule has 3 rings (SSSR count). The maximum absolute atomic E-state index is 12.5. The lowest BCUT2D eigenvalue weighted by Crippen LogP contribution is -2.38. The lowest BCUT2D eigenvalue weighted by atomic mass is 10.1. The lowest BCUT2D eigenvalue weighted by molar-refractivity contribution is 0.0741. The van der Waals surface area contributed by atoms with Crippen LogP contribution in [0.25, 0.3) is 0 Å². The molecule has 138 valence electrons. The topological polar surface area (TPSA) is 92.3 Å². The molecule has 1 atom stereocenters. The molecule has 8 heteroatoms. The largest absolute Gasteiger partial charge is 0.368 e. The Morgan fingerprint density at radius 3 is 2.62 bits per heavy atom. The third-order valence-corrected chi connectivity index (χ3v) is 6.26. The van der Waals surface area contributed by atoms with Gasteiger partial charge in [-0.3, -0.25) is 4.79 Å². The highest BCUT2D eigenvalue weighted by molar-refractivity contribution is 7.91. The van der Waals surface area contributed by atoms with Gasteiger partial charge in [-0.05, 0) is 18.4 Å². The second-order valence-electron chi connectivity index (χ2n) is 6.42. The average molecular weight is 374 g/mol. The minimum Gasteiger partial charge on any atom is -0.368 e. The molecule has 1 saturated heterocycles. The van der Waals surface area contributed by atoms with Gasteiger partial charge < -0.3 is 10.2 Å². The van der Waals surface area contributed by atoms with Crippen LogP contribution in [0.2, 0.25) is 0 Å². The van der Waals surface area contributed by atoms with Crippen molar-refractivity contribution in [3.8, 4) is 0 Å². The molecule has 1 fully saturated rings. The van der Waals surface area contributed by atoms with E-state index in [0.717, 1.165) is 6.42 Å². The molecule has 1 amide bonds. The molecule has 0 bridgehead atoms. The summed E-state index contributed by atoms with van der Waals surface area (Å²) < 4.78 is 23.2. The van der Waals surface area contributed by atoms with Crippen molar-refractivity contribution in [2.24, 2.45) is 0 Å². The molecule has 1 aliphatic rings. The van der Waals surface area contributed by atoms with Gasteiger partial charge in [0.1, 0.15) is 11.5 Å². The summed E-state index contributed by atoms with van der Waals surface area (Å²) in [4.78, 5) is 22.3. The van der Waals surface area contributed by atoms with Crippen LogP contribution in [0.4, 0.5) is 5.82 Å². The Morgan fingerprint density at radius 1 is 1.23 bits per heavy atom. The number of carbonyl (C=O) groups is 1. The smallest absolute Gasteiger partial charge is 0.274 e. The summed E-state index contributed by atoms with van der Waals surface area (Å²) in [6.45, 7) is 0.714. The van der Waals surface area contributed by atoms with E-state index in [-0.39, 0.29) is 29.1 Å². The van der Waals surface area contributed by atoms with Crippen LogP contribution in [0.1, 0.15) is 22.5 Å². The number of nitrogens with zero attached hydrogens (tertiary/aromatic N) is 3. The summed E-state index contributed by atoms with van der Waals surface area (Å²) in [5.41, 5.74) is 1.44. The first-order chi connectivity index (χ1) is 12.4. The van der Waals surface area contributed by atoms with Crippen molar-refractivity contribution in [3.05, 3.63) is 54.0 Å². The monoisotopic (exact) mass is 374 g/mol. The van der Waals surface area contributed by atoms with E-state index in [4.69, 9.17) is 0 Å². The lowest BCUT2D eigenvalue weighted by Gasteiger charge is -2.22. The van der Waals surface area contributed by atoms with Gasteiger partial charge in [-0.2, -0.15) is 0 Å². The number of rotatable bonds is 6. The van der Waals surface area contributed by atoms with Crippen LogP contribution in [0, 0.1) is 0 Å². The van der Waals surface area contributed by atoms with E-state index in [1.807, 2.05) is 18.2 Å². The van der Waals surface area contributed by atoms with Crippen LogP contribution in [-0.2, 0) is 16.3 Å². The molecule has 1 N–H and O–H groups in total. The third kappa shape index (κ3) is 4.57. The fraction of sp³-hybridized carbons (Fsp3) is 0.389. The molecule has 2 aromatic rings. The zero-order valence-corrected chi connectivity index (χ0v) is 15.4. The minimum atomic E-state index is -3.04. The minimum absolute atomic E-state index is 0.0157. The number of aromatic nitrogens is 2. The molecule has 1 aliphatic heterocycles. The molecule has 0 spiro atoms. The van der Waals surface area contributed by atoms with Crippen LogP contribution in [-0.4, -0.2) is 60.3 Å². The highest BCUT2D eigenvalue weighted by Gasteiger charge is 2.33. The van der Waals surface area contributed by atoms with Gasteiger partial charge in [0.25, 0.3) is 5.91 Å². The quantitative estimate of drug-likeness (QED) is 0.821. The van der Waals surface area contributed by atoms with Gasteiger partial charge in [-0.15, -0.1) is 0 Å². The van der Waals surface area contributed by atoms with Crippen molar-refractivity contribution >= 4 is 21.6 Å². The number of benzene rings is 1. The van der Waals surface area contributed by atoms with E-state index in [1.165, 1.54) is 22.9 Å². The Morgan fingerprint density at radius 2 is 2.00 bits per heavy atom. The van der Waals surface area contributed by atoms with Crippen molar-refractivity contribution < 1.29 is 13.2 Å². The van der Waals surface area contributed by atoms with Crippen molar-refractivity contribution in [1.82, 2.24) is 14.9 Å². The van der Waals surface area contributed by atoms with Crippen molar-refractivity contribution in [2.45, 2.75) is 18.9 Å². The van der Waals surface area contributed by atoms with Gasteiger partial charge in [0, 0.05) is 19.6 Å². The van der Waals surface area contributed by atoms with E-state index in [1.54, 1.807) is 7.05 Å². The third-order valence-electron chi connectivity index (χ3n) is 4.51. The van der Waals surface area contributed by atoms with Crippen LogP contribution in [0.15, 0.2) is 42.7 Å². The van der Waals surface area contributed by atoms with E-state index >= 15 is 0 Å². The second-order valence-corrected chi connectivity index (χ2v) is 8.65. The average Bonchev–Trinajstić information content (AvgIpc) is 3.02. The molecule has 1 unspecified atom stereocenters. The molecule has 0 aliphatic carbocycles. The number of hydrogen-bond donors (Lipinski definition) is 1. The first-order valence-corrected chi connectivity index (χ1v) is 10.3. The van der Waals surface area contributed by atoms with Crippen molar-refractivity contribution in [1.29, 1.82) is 0 Å². The molecule has 2 heterocycles. The number of amides is 1. The maximum atomic E-state index is 12.5. The Balaban J connectivity index is 1.54. The van der Waals surface area contributed by atoms with Crippen molar-refractivity contribution in [3.63, 3.8) is 0 Å². The number of sulfone groups is 1. The Kier molecular flexibility index (Phi) is 5.51. The predicted octanol–water partition coefficient (Wildman–Crippen LogP) is 1.39. The Bertz CT molecular complexity index is 854. The molecule has 7 nitrogen and oxygen atoms in total. The summed E-state index contributed by atoms with van der Waals surface area (Å²) in [6, 6.07) is 9.82. The fourth-order valence-corrected chi connectivity index (χ4v) is 4.71. The summed E-state index contributed by atoms with van der Waals surface area (Å²) in [6.07, 6.45) is 4.28. The van der Waals surface area contributed by atoms with E-state index in [2.05, 4.69) is 27.4 Å². The molecular formula is C18H22N4O3S.